The van der Waals surface area contributed by atoms with Crippen LogP contribution in [0.2, 0.25) is 0 Å². The lowest BCUT2D eigenvalue weighted by molar-refractivity contribution is -0.147. The zero-order chi connectivity index (χ0) is 17.5. The maximum atomic E-state index is 11.1. The summed E-state index contributed by atoms with van der Waals surface area (Å²) in [6.07, 6.45) is 7.75. The number of carboxylic acids is 1. The highest BCUT2D eigenvalue weighted by Gasteiger charge is 2.26. The molecule has 0 aromatic heterocycles. The zero-order valence-corrected chi connectivity index (χ0v) is 15.1. The zero-order valence-electron chi connectivity index (χ0n) is 15.1. The van der Waals surface area contributed by atoms with Gasteiger partial charge in [0.1, 0.15) is 5.75 Å². The lowest BCUT2D eigenvalue weighted by Crippen LogP contribution is -2.24. The molecule has 3 heteroatoms. The number of hydrogen-bond donors (Lipinski definition) is 1. The number of aliphatic carboxylic acids is 1. The molecule has 0 aliphatic carbocycles. The summed E-state index contributed by atoms with van der Waals surface area (Å²) in [6, 6.07) is 4.28. The molecular formula is C20H30O3. The van der Waals surface area contributed by atoms with Crippen LogP contribution in [0.1, 0.15) is 56.7 Å². The topological polar surface area (TPSA) is 46.5 Å². The van der Waals surface area contributed by atoms with Crippen molar-refractivity contribution in [3.8, 4) is 5.75 Å². The first-order valence-electron chi connectivity index (χ1n) is 8.39. The number of allylic oxidation sites excluding steroid dienone is 2. The second-order valence-corrected chi connectivity index (χ2v) is 6.77. The van der Waals surface area contributed by atoms with Crippen LogP contribution in [0, 0.1) is 19.3 Å². The van der Waals surface area contributed by atoms with Crippen LogP contribution in [-0.2, 0) is 11.2 Å². The molecule has 3 nitrogen and oxygen atoms in total. The first-order valence-corrected chi connectivity index (χ1v) is 8.39. The lowest BCUT2D eigenvalue weighted by Gasteiger charge is -2.19. The van der Waals surface area contributed by atoms with Crippen LogP contribution in [0.4, 0.5) is 0 Å². The average molecular weight is 318 g/mol. The smallest absolute Gasteiger partial charge is 0.309 e. The van der Waals surface area contributed by atoms with E-state index in [2.05, 4.69) is 45.1 Å². The van der Waals surface area contributed by atoms with E-state index in [1.807, 2.05) is 0 Å². The maximum Gasteiger partial charge on any atom is 0.309 e. The van der Waals surface area contributed by atoms with Gasteiger partial charge in [0, 0.05) is 0 Å². The predicted molar refractivity (Wildman–Crippen MR) is 95.2 cm³/mol. The van der Waals surface area contributed by atoms with Gasteiger partial charge in [-0.15, -0.1) is 0 Å². The van der Waals surface area contributed by atoms with E-state index in [9.17, 15) is 4.79 Å². The Bertz CT molecular complexity index is 556. The number of aryl methyl sites for hydroxylation is 2. The normalized spacial score (nSPS) is 11.9. The second-order valence-electron chi connectivity index (χ2n) is 6.77. The second kappa shape index (κ2) is 8.76. The highest BCUT2D eigenvalue weighted by molar-refractivity contribution is 5.73. The van der Waals surface area contributed by atoms with Gasteiger partial charge in [-0.25, -0.2) is 0 Å². The Hall–Kier alpha value is -1.77. The van der Waals surface area contributed by atoms with Crippen molar-refractivity contribution in [3.63, 3.8) is 0 Å². The third-order valence-electron chi connectivity index (χ3n) is 4.16. The third kappa shape index (κ3) is 6.09. The van der Waals surface area contributed by atoms with Gasteiger partial charge in [0.25, 0.3) is 0 Å². The summed E-state index contributed by atoms with van der Waals surface area (Å²) in [5.41, 5.74) is 3.00. The summed E-state index contributed by atoms with van der Waals surface area (Å²) in [5, 5.41) is 9.11. The van der Waals surface area contributed by atoms with Crippen LogP contribution in [-0.4, -0.2) is 17.7 Å². The molecule has 0 fully saturated rings. The van der Waals surface area contributed by atoms with Crippen molar-refractivity contribution in [3.05, 3.63) is 41.0 Å². The summed E-state index contributed by atoms with van der Waals surface area (Å²) in [6.45, 7) is 10.4. The van der Waals surface area contributed by atoms with Crippen LogP contribution in [0.3, 0.4) is 0 Å². The summed E-state index contributed by atoms with van der Waals surface area (Å²) in [4.78, 5) is 11.1. The standard InChI is InChI=1S/C20H30O3/c1-6-7-8-10-17-13-16(3)18(14-15(17)2)23-12-9-11-20(4,5)19(21)22/h7-8,13-14H,6,9-12H2,1-5H3,(H,21,22)/b8-7+. The molecule has 128 valence electrons. The van der Waals surface area contributed by atoms with Crippen molar-refractivity contribution in [2.45, 2.75) is 60.3 Å². The number of carboxylic acid groups (broad SMARTS) is 1. The fourth-order valence-electron chi connectivity index (χ4n) is 2.41. The highest BCUT2D eigenvalue weighted by atomic mass is 16.5. The molecule has 0 bridgehead atoms. The van der Waals surface area contributed by atoms with Crippen LogP contribution >= 0.6 is 0 Å². The Kier molecular flexibility index (Phi) is 7.34. The molecule has 23 heavy (non-hydrogen) atoms. The Balaban J connectivity index is 2.60. The Morgan fingerprint density at radius 2 is 1.91 bits per heavy atom. The predicted octanol–water partition coefficient (Wildman–Crippen LogP) is 5.08. The molecule has 0 radical (unpaired) electrons. The largest absolute Gasteiger partial charge is 0.493 e. The number of ether oxygens (including phenoxy) is 1. The van der Waals surface area contributed by atoms with E-state index in [4.69, 9.17) is 9.84 Å². The summed E-state index contributed by atoms with van der Waals surface area (Å²) in [7, 11) is 0. The van der Waals surface area contributed by atoms with Gasteiger partial charge in [0.15, 0.2) is 0 Å². The Labute approximate surface area is 140 Å². The first-order chi connectivity index (χ1) is 10.8. The van der Waals surface area contributed by atoms with E-state index < -0.39 is 11.4 Å². The molecule has 0 aliphatic rings. The van der Waals surface area contributed by atoms with Crippen molar-refractivity contribution in [1.29, 1.82) is 0 Å². The molecule has 0 saturated heterocycles. The fraction of sp³-hybridized carbons (Fsp3) is 0.550. The molecule has 0 saturated carbocycles. The minimum Gasteiger partial charge on any atom is -0.493 e. The molecule has 0 unspecified atom stereocenters. The van der Waals surface area contributed by atoms with Gasteiger partial charge >= 0.3 is 5.97 Å². The van der Waals surface area contributed by atoms with Gasteiger partial charge in [-0.2, -0.15) is 0 Å². The number of hydrogen-bond acceptors (Lipinski definition) is 2. The highest BCUT2D eigenvalue weighted by Crippen LogP contribution is 2.25. The van der Waals surface area contributed by atoms with E-state index >= 15 is 0 Å². The quantitative estimate of drug-likeness (QED) is 0.510. The van der Waals surface area contributed by atoms with E-state index in [1.165, 1.54) is 11.1 Å². The minimum atomic E-state index is -0.756. The third-order valence-corrected chi connectivity index (χ3v) is 4.16. The molecule has 1 aromatic carbocycles. The van der Waals surface area contributed by atoms with Crippen LogP contribution < -0.4 is 4.74 Å². The van der Waals surface area contributed by atoms with Gasteiger partial charge < -0.3 is 9.84 Å². The minimum absolute atomic E-state index is 0.548. The molecule has 0 atom stereocenters. The van der Waals surface area contributed by atoms with Crippen molar-refractivity contribution in [1.82, 2.24) is 0 Å². The number of carbonyl (C=O) groups is 1. The first kappa shape index (κ1) is 19.3. The van der Waals surface area contributed by atoms with E-state index in [-0.39, 0.29) is 0 Å². The van der Waals surface area contributed by atoms with Crippen molar-refractivity contribution in [2.75, 3.05) is 6.61 Å². The molecule has 0 heterocycles. The van der Waals surface area contributed by atoms with Crippen molar-refractivity contribution < 1.29 is 14.6 Å². The summed E-state index contributed by atoms with van der Waals surface area (Å²) >= 11 is 0. The molecule has 1 rings (SSSR count). The van der Waals surface area contributed by atoms with Crippen LogP contribution in [0.25, 0.3) is 0 Å². The summed E-state index contributed by atoms with van der Waals surface area (Å²) < 4.78 is 5.86. The maximum absolute atomic E-state index is 11.1. The van der Waals surface area contributed by atoms with Crippen LogP contribution in [0.15, 0.2) is 24.3 Å². The summed E-state index contributed by atoms with van der Waals surface area (Å²) in [5.74, 6) is 0.146. The molecule has 0 aliphatic heterocycles. The average Bonchev–Trinajstić information content (AvgIpc) is 2.48. The van der Waals surface area contributed by atoms with Gasteiger partial charge in [-0.1, -0.05) is 25.1 Å². The monoisotopic (exact) mass is 318 g/mol. The van der Waals surface area contributed by atoms with Gasteiger partial charge in [0.2, 0.25) is 0 Å². The molecular weight excluding hydrogens is 288 g/mol. The van der Waals surface area contributed by atoms with Crippen LogP contribution in [0.5, 0.6) is 5.75 Å². The Morgan fingerprint density at radius 1 is 1.22 bits per heavy atom. The van der Waals surface area contributed by atoms with Crippen molar-refractivity contribution >= 4 is 5.97 Å². The van der Waals surface area contributed by atoms with Gasteiger partial charge in [0.05, 0.1) is 12.0 Å². The lowest BCUT2D eigenvalue weighted by atomic mass is 9.88. The molecule has 1 N–H and O–H groups in total. The molecule has 1 aromatic rings. The van der Waals surface area contributed by atoms with E-state index in [1.54, 1.807) is 13.8 Å². The van der Waals surface area contributed by atoms with E-state index in [0.29, 0.717) is 13.0 Å². The fourth-order valence-corrected chi connectivity index (χ4v) is 2.41. The number of rotatable bonds is 9. The Morgan fingerprint density at radius 3 is 2.52 bits per heavy atom. The van der Waals surface area contributed by atoms with Gasteiger partial charge in [-0.05, 0) is 76.1 Å². The molecule has 0 spiro atoms. The van der Waals surface area contributed by atoms with E-state index in [0.717, 1.165) is 30.6 Å². The number of benzene rings is 1. The van der Waals surface area contributed by atoms with Gasteiger partial charge in [-0.3, -0.25) is 4.79 Å². The SMILES string of the molecule is CC/C=C/Cc1cc(C)c(OCCCC(C)(C)C(=O)O)cc1C. The van der Waals surface area contributed by atoms with Crippen molar-refractivity contribution in [2.24, 2.45) is 5.41 Å². The molecule has 0 amide bonds.